The van der Waals surface area contributed by atoms with Gasteiger partial charge in [0.05, 0.1) is 6.42 Å². The van der Waals surface area contributed by atoms with E-state index in [1.54, 1.807) is 22.8 Å². The van der Waals surface area contributed by atoms with E-state index in [-0.39, 0.29) is 11.5 Å². The van der Waals surface area contributed by atoms with Crippen molar-refractivity contribution in [2.75, 3.05) is 5.75 Å². The highest BCUT2D eigenvalue weighted by atomic mass is 32.2. The fourth-order valence-electron chi connectivity index (χ4n) is 1.77. The van der Waals surface area contributed by atoms with Crippen LogP contribution in [0.5, 0.6) is 5.75 Å². The second kappa shape index (κ2) is 6.87. The van der Waals surface area contributed by atoms with Crippen LogP contribution in [-0.4, -0.2) is 31.8 Å². The smallest absolute Gasteiger partial charge is 0.389 e. The molecule has 2 rings (SSSR count). The third-order valence-electron chi connectivity index (χ3n) is 2.77. The zero-order valence-corrected chi connectivity index (χ0v) is 12.4. The summed E-state index contributed by atoms with van der Waals surface area (Å²) in [7, 11) is 0. The zero-order valence-electron chi connectivity index (χ0n) is 11.5. The van der Waals surface area contributed by atoms with Crippen molar-refractivity contribution in [3.05, 3.63) is 36.9 Å². The molecule has 4 nitrogen and oxygen atoms in total. The van der Waals surface area contributed by atoms with Crippen molar-refractivity contribution in [2.24, 2.45) is 0 Å². The van der Waals surface area contributed by atoms with Gasteiger partial charge in [-0.05, 0) is 24.3 Å². The number of thioether (sulfide) groups is 1. The molecule has 0 spiro atoms. The molecule has 0 aliphatic heterocycles. The van der Waals surface area contributed by atoms with Crippen LogP contribution in [0.2, 0.25) is 0 Å². The Bertz CT molecular complexity index is 638. The predicted octanol–water partition coefficient (Wildman–Crippen LogP) is 3.88. The number of rotatable bonds is 6. The van der Waals surface area contributed by atoms with Crippen molar-refractivity contribution in [2.45, 2.75) is 24.3 Å². The molecule has 1 aromatic carbocycles. The molecule has 0 radical (unpaired) electrons. The second-order valence-corrected chi connectivity index (χ2v) is 5.53. The number of hydrogen-bond donors (Lipinski definition) is 1. The molecule has 0 aliphatic rings. The quantitative estimate of drug-likeness (QED) is 0.645. The monoisotopic (exact) mass is 329 g/mol. The van der Waals surface area contributed by atoms with E-state index in [2.05, 4.69) is 16.8 Å². The molecule has 0 aliphatic carbocycles. The van der Waals surface area contributed by atoms with Gasteiger partial charge in [-0.2, -0.15) is 13.2 Å². The van der Waals surface area contributed by atoms with Crippen molar-refractivity contribution in [3.8, 4) is 17.1 Å². The number of nitrogens with zero attached hydrogens (tertiary/aromatic N) is 3. The molecule has 0 atom stereocenters. The maximum absolute atomic E-state index is 12.2. The number of phenolic OH excluding ortho intramolecular Hbond substituents is 1. The fourth-order valence-corrected chi connectivity index (χ4v) is 2.70. The highest BCUT2D eigenvalue weighted by Crippen LogP contribution is 2.28. The Balaban J connectivity index is 2.21. The van der Waals surface area contributed by atoms with Crippen molar-refractivity contribution < 1.29 is 18.3 Å². The summed E-state index contributed by atoms with van der Waals surface area (Å²) in [5.41, 5.74) is 0.717. The van der Waals surface area contributed by atoms with Crippen LogP contribution in [0, 0.1) is 0 Å². The summed E-state index contributed by atoms with van der Waals surface area (Å²) in [6, 6.07) is 6.36. The molecule has 1 N–H and O–H groups in total. The molecule has 2 aromatic rings. The molecule has 22 heavy (non-hydrogen) atoms. The molecule has 1 aromatic heterocycles. The molecule has 1 heterocycles. The van der Waals surface area contributed by atoms with Crippen LogP contribution >= 0.6 is 11.8 Å². The zero-order chi connectivity index (χ0) is 16.2. The third kappa shape index (κ3) is 4.27. The number of phenols is 1. The summed E-state index contributed by atoms with van der Waals surface area (Å²) >= 11 is 1.00. The third-order valence-corrected chi connectivity index (χ3v) is 3.74. The maximum Gasteiger partial charge on any atom is 0.389 e. The molecule has 8 heteroatoms. The predicted molar refractivity (Wildman–Crippen MR) is 78.7 cm³/mol. The number of hydrogen-bond acceptors (Lipinski definition) is 4. The minimum absolute atomic E-state index is 0.117. The number of halogens is 3. The van der Waals surface area contributed by atoms with Crippen LogP contribution in [0.1, 0.15) is 6.42 Å². The first kappa shape index (κ1) is 16.4. The first-order valence-electron chi connectivity index (χ1n) is 6.44. The van der Waals surface area contributed by atoms with Crippen LogP contribution in [0.25, 0.3) is 11.4 Å². The van der Waals surface area contributed by atoms with Gasteiger partial charge in [-0.3, -0.25) is 4.57 Å². The standard InChI is InChI=1S/C14H14F3N3OS/c1-2-8-20-12(10-3-5-11(21)6-4-10)18-19-13(20)22-9-7-14(15,16)17/h2-6,21H,1,7-9H2. The molecule has 0 fully saturated rings. The van der Waals surface area contributed by atoms with Gasteiger partial charge in [-0.25, -0.2) is 0 Å². The van der Waals surface area contributed by atoms with Crippen LogP contribution in [0.3, 0.4) is 0 Å². The summed E-state index contributed by atoms with van der Waals surface area (Å²) in [5.74, 6) is 0.529. The van der Waals surface area contributed by atoms with Gasteiger partial charge in [-0.1, -0.05) is 17.8 Å². The number of allylic oxidation sites excluding steroid dienone is 1. The Morgan fingerprint density at radius 1 is 1.23 bits per heavy atom. The van der Waals surface area contributed by atoms with Gasteiger partial charge in [0.2, 0.25) is 0 Å². The fraction of sp³-hybridized carbons (Fsp3) is 0.286. The van der Waals surface area contributed by atoms with Crippen molar-refractivity contribution in [1.82, 2.24) is 14.8 Å². The summed E-state index contributed by atoms with van der Waals surface area (Å²) in [5, 5.41) is 17.7. The highest BCUT2D eigenvalue weighted by molar-refractivity contribution is 7.99. The van der Waals surface area contributed by atoms with Gasteiger partial charge in [-0.15, -0.1) is 16.8 Å². The van der Waals surface area contributed by atoms with Crippen molar-refractivity contribution in [1.29, 1.82) is 0 Å². The first-order chi connectivity index (χ1) is 10.4. The van der Waals surface area contributed by atoms with Crippen LogP contribution in [-0.2, 0) is 6.54 Å². The molecule has 0 bridgehead atoms. The van der Waals surface area contributed by atoms with Crippen LogP contribution in [0.15, 0.2) is 42.1 Å². The molecule has 0 saturated carbocycles. The van der Waals surface area contributed by atoms with Crippen LogP contribution < -0.4 is 0 Å². The van der Waals surface area contributed by atoms with Crippen molar-refractivity contribution >= 4 is 11.8 Å². The first-order valence-corrected chi connectivity index (χ1v) is 7.42. The lowest BCUT2D eigenvalue weighted by atomic mass is 10.2. The SMILES string of the molecule is C=CCn1c(SCCC(F)(F)F)nnc1-c1ccc(O)cc1. The summed E-state index contributed by atoms with van der Waals surface area (Å²) in [6.45, 7) is 4.03. The van der Waals surface area contributed by atoms with E-state index in [0.717, 1.165) is 17.3 Å². The van der Waals surface area contributed by atoms with Gasteiger partial charge in [0, 0.05) is 17.9 Å². The number of aromatic hydroxyl groups is 1. The van der Waals surface area contributed by atoms with E-state index in [4.69, 9.17) is 0 Å². The summed E-state index contributed by atoms with van der Waals surface area (Å²) < 4.78 is 38.4. The van der Waals surface area contributed by atoms with Gasteiger partial charge in [0.1, 0.15) is 5.75 Å². The van der Waals surface area contributed by atoms with E-state index >= 15 is 0 Å². The number of aromatic nitrogens is 3. The number of benzene rings is 1. The minimum Gasteiger partial charge on any atom is -0.508 e. The lowest BCUT2D eigenvalue weighted by Gasteiger charge is -2.08. The Labute approximate surface area is 129 Å². The summed E-state index contributed by atoms with van der Waals surface area (Å²) in [6.07, 6.45) is -3.44. The van der Waals surface area contributed by atoms with Gasteiger partial charge in [0.25, 0.3) is 0 Å². The number of alkyl halides is 3. The Hall–Kier alpha value is -1.96. The molecular formula is C14H14F3N3OS. The Kier molecular flexibility index (Phi) is 5.12. The molecule has 0 amide bonds. The van der Waals surface area contributed by atoms with E-state index in [0.29, 0.717) is 17.5 Å². The largest absolute Gasteiger partial charge is 0.508 e. The maximum atomic E-state index is 12.2. The average Bonchev–Trinajstić information content (AvgIpc) is 2.82. The average molecular weight is 329 g/mol. The molecule has 118 valence electrons. The molecule has 0 unspecified atom stereocenters. The van der Waals surface area contributed by atoms with Crippen molar-refractivity contribution in [3.63, 3.8) is 0 Å². The molecular weight excluding hydrogens is 315 g/mol. The Morgan fingerprint density at radius 3 is 2.50 bits per heavy atom. The van der Waals surface area contributed by atoms with E-state index < -0.39 is 12.6 Å². The van der Waals surface area contributed by atoms with Gasteiger partial charge < -0.3 is 5.11 Å². The van der Waals surface area contributed by atoms with E-state index in [1.165, 1.54) is 12.1 Å². The van der Waals surface area contributed by atoms with E-state index in [1.807, 2.05) is 0 Å². The van der Waals surface area contributed by atoms with Crippen LogP contribution in [0.4, 0.5) is 13.2 Å². The van der Waals surface area contributed by atoms with E-state index in [9.17, 15) is 18.3 Å². The highest BCUT2D eigenvalue weighted by Gasteiger charge is 2.27. The molecule has 0 saturated heterocycles. The Morgan fingerprint density at radius 2 is 1.91 bits per heavy atom. The minimum atomic E-state index is -4.18. The lowest BCUT2D eigenvalue weighted by Crippen LogP contribution is -2.09. The normalized spacial score (nSPS) is 11.6. The lowest BCUT2D eigenvalue weighted by molar-refractivity contribution is -0.129. The second-order valence-electron chi connectivity index (χ2n) is 4.47. The van der Waals surface area contributed by atoms with Gasteiger partial charge in [0.15, 0.2) is 11.0 Å². The topological polar surface area (TPSA) is 50.9 Å². The van der Waals surface area contributed by atoms with Gasteiger partial charge >= 0.3 is 6.18 Å². The summed E-state index contributed by atoms with van der Waals surface area (Å²) in [4.78, 5) is 0.